The van der Waals surface area contributed by atoms with Crippen molar-refractivity contribution in [2.24, 2.45) is 0 Å². The van der Waals surface area contributed by atoms with Crippen LogP contribution in [-0.4, -0.2) is 63.7 Å². The number of urea groups is 1. The van der Waals surface area contributed by atoms with Crippen LogP contribution in [0.1, 0.15) is 12.8 Å². The van der Waals surface area contributed by atoms with Gasteiger partial charge in [0.05, 0.1) is 23.5 Å². The first-order valence-electron chi connectivity index (χ1n) is 10.6. The molecular formula is C23H21FN6O2. The van der Waals surface area contributed by atoms with Gasteiger partial charge in [0, 0.05) is 25.0 Å². The number of hydrogen-bond acceptors (Lipinski definition) is 4. The van der Waals surface area contributed by atoms with E-state index in [0.717, 1.165) is 11.8 Å². The van der Waals surface area contributed by atoms with E-state index in [2.05, 4.69) is 11.2 Å². The van der Waals surface area contributed by atoms with Gasteiger partial charge in [0.15, 0.2) is 0 Å². The number of amides is 3. The van der Waals surface area contributed by atoms with Crippen LogP contribution >= 0.6 is 0 Å². The maximum Gasteiger partial charge on any atom is 0.325 e. The number of fused-ring (bicyclic) bond motifs is 1. The molecule has 3 amide bonds. The summed E-state index contributed by atoms with van der Waals surface area (Å²) in [5, 5.41) is 14.3. The molecule has 0 bridgehead atoms. The van der Waals surface area contributed by atoms with Gasteiger partial charge in [0.2, 0.25) is 5.91 Å². The van der Waals surface area contributed by atoms with Gasteiger partial charge in [-0.3, -0.25) is 9.69 Å². The summed E-state index contributed by atoms with van der Waals surface area (Å²) in [6.07, 6.45) is 3.11. The lowest BCUT2D eigenvalue weighted by Crippen LogP contribution is -2.43. The fourth-order valence-corrected chi connectivity index (χ4v) is 4.49. The van der Waals surface area contributed by atoms with E-state index in [-0.39, 0.29) is 24.3 Å². The number of benzene rings is 2. The average molecular weight is 432 g/mol. The summed E-state index contributed by atoms with van der Waals surface area (Å²) in [5.74, 6) is -0.586. The molecule has 0 spiro atoms. The highest BCUT2D eigenvalue weighted by Crippen LogP contribution is 2.31. The number of halogens is 1. The highest BCUT2D eigenvalue weighted by molar-refractivity contribution is 6.04. The first-order chi connectivity index (χ1) is 15.6. The van der Waals surface area contributed by atoms with E-state index in [1.165, 1.54) is 15.6 Å². The number of anilines is 1. The predicted octanol–water partition coefficient (Wildman–Crippen LogP) is 2.92. The first kappa shape index (κ1) is 20.0. The summed E-state index contributed by atoms with van der Waals surface area (Å²) in [5.41, 5.74) is 1.68. The van der Waals surface area contributed by atoms with Crippen LogP contribution < -0.4 is 4.90 Å². The lowest BCUT2D eigenvalue weighted by Gasteiger charge is -2.23. The van der Waals surface area contributed by atoms with Crippen molar-refractivity contribution in [3.05, 3.63) is 54.5 Å². The quantitative estimate of drug-likeness (QED) is 0.635. The maximum atomic E-state index is 14.3. The van der Waals surface area contributed by atoms with E-state index < -0.39 is 6.04 Å². The molecule has 3 heterocycles. The van der Waals surface area contributed by atoms with Gasteiger partial charge in [0.1, 0.15) is 24.1 Å². The second-order valence-electron chi connectivity index (χ2n) is 7.95. The van der Waals surface area contributed by atoms with Crippen LogP contribution in [0.5, 0.6) is 0 Å². The maximum absolute atomic E-state index is 14.3. The SMILES string of the molecule is N#C[C@H]1CCCN1C(=O)CN1CCN(c2cccc3c2cnn3-c2ccccc2F)C1=O. The van der Waals surface area contributed by atoms with E-state index in [0.29, 0.717) is 42.9 Å². The summed E-state index contributed by atoms with van der Waals surface area (Å²) in [6.45, 7) is 1.35. The molecule has 0 aliphatic carbocycles. The van der Waals surface area contributed by atoms with Gasteiger partial charge in [-0.2, -0.15) is 10.4 Å². The zero-order valence-corrected chi connectivity index (χ0v) is 17.3. The fraction of sp³-hybridized carbons (Fsp3) is 0.304. The number of para-hydroxylation sites is 1. The number of rotatable bonds is 4. The molecule has 0 unspecified atom stereocenters. The van der Waals surface area contributed by atoms with Crippen LogP contribution in [0.2, 0.25) is 0 Å². The lowest BCUT2D eigenvalue weighted by atomic mass is 10.2. The third-order valence-corrected chi connectivity index (χ3v) is 6.11. The Bertz CT molecular complexity index is 1250. The fourth-order valence-electron chi connectivity index (χ4n) is 4.49. The molecule has 32 heavy (non-hydrogen) atoms. The van der Waals surface area contributed by atoms with E-state index in [4.69, 9.17) is 0 Å². The second kappa shape index (κ2) is 7.96. The van der Waals surface area contributed by atoms with Crippen LogP contribution in [0.15, 0.2) is 48.7 Å². The minimum Gasteiger partial charge on any atom is -0.325 e. The highest BCUT2D eigenvalue weighted by Gasteiger charge is 2.35. The number of nitriles is 1. The largest absolute Gasteiger partial charge is 0.325 e. The van der Waals surface area contributed by atoms with Crippen LogP contribution in [0.3, 0.4) is 0 Å². The van der Waals surface area contributed by atoms with Gasteiger partial charge in [-0.1, -0.05) is 18.2 Å². The standard InChI is InChI=1S/C23H21FN6O2/c24-18-6-1-2-7-21(18)30-20-9-3-8-19(17(20)14-26-30)29-12-11-27(23(29)32)15-22(31)28-10-4-5-16(28)13-25/h1-3,6-9,14,16H,4-5,10-12,15H2/t16-/m1/s1. The average Bonchev–Trinajstić information content (AvgIpc) is 3.53. The topological polar surface area (TPSA) is 85.5 Å². The molecule has 8 nitrogen and oxygen atoms in total. The Labute approximate surface area is 184 Å². The number of hydrogen-bond donors (Lipinski definition) is 0. The molecule has 0 radical (unpaired) electrons. The third kappa shape index (κ3) is 3.24. The van der Waals surface area contributed by atoms with Crippen molar-refractivity contribution in [1.29, 1.82) is 5.26 Å². The van der Waals surface area contributed by atoms with E-state index >= 15 is 0 Å². The molecule has 0 saturated carbocycles. The van der Waals surface area contributed by atoms with Crippen LogP contribution in [-0.2, 0) is 4.79 Å². The summed E-state index contributed by atoms with van der Waals surface area (Å²) in [7, 11) is 0. The van der Waals surface area contributed by atoms with Crippen LogP contribution in [0.25, 0.3) is 16.6 Å². The predicted molar refractivity (Wildman–Crippen MR) is 116 cm³/mol. The zero-order valence-electron chi connectivity index (χ0n) is 17.3. The van der Waals surface area contributed by atoms with Gasteiger partial charge >= 0.3 is 6.03 Å². The van der Waals surface area contributed by atoms with Crippen molar-refractivity contribution < 1.29 is 14.0 Å². The Kier molecular flexibility index (Phi) is 4.98. The smallest absolute Gasteiger partial charge is 0.325 e. The van der Waals surface area contributed by atoms with Crippen molar-refractivity contribution in [2.75, 3.05) is 31.1 Å². The molecule has 1 atom stereocenters. The molecule has 0 N–H and O–H groups in total. The first-order valence-corrected chi connectivity index (χ1v) is 10.6. The van der Waals surface area contributed by atoms with Crippen LogP contribution in [0, 0.1) is 17.1 Å². The van der Waals surface area contributed by atoms with E-state index in [1.54, 1.807) is 40.3 Å². The third-order valence-electron chi connectivity index (χ3n) is 6.11. The van der Waals surface area contributed by atoms with Crippen molar-refractivity contribution in [3.63, 3.8) is 0 Å². The van der Waals surface area contributed by atoms with Crippen molar-refractivity contribution in [3.8, 4) is 11.8 Å². The van der Waals surface area contributed by atoms with Crippen molar-refractivity contribution in [2.45, 2.75) is 18.9 Å². The van der Waals surface area contributed by atoms with E-state index in [1.807, 2.05) is 12.1 Å². The van der Waals surface area contributed by atoms with Gasteiger partial charge in [-0.15, -0.1) is 0 Å². The number of carbonyl (C=O) groups excluding carboxylic acids is 2. The normalized spacial score (nSPS) is 18.6. The zero-order chi connectivity index (χ0) is 22.2. The number of likely N-dealkylation sites (tertiary alicyclic amines) is 1. The number of carbonyl (C=O) groups is 2. The molecule has 162 valence electrons. The Hall–Kier alpha value is -3.93. The Morgan fingerprint density at radius 3 is 2.75 bits per heavy atom. The Morgan fingerprint density at radius 1 is 1.12 bits per heavy atom. The minimum atomic E-state index is -0.408. The van der Waals surface area contributed by atoms with Crippen molar-refractivity contribution >= 4 is 28.5 Å². The van der Waals surface area contributed by atoms with Crippen LogP contribution in [0.4, 0.5) is 14.9 Å². The van der Waals surface area contributed by atoms with Gasteiger partial charge in [-0.05, 0) is 37.1 Å². The molecule has 3 aromatic rings. The Morgan fingerprint density at radius 2 is 1.94 bits per heavy atom. The monoisotopic (exact) mass is 432 g/mol. The Balaban J connectivity index is 1.40. The molecular weight excluding hydrogens is 411 g/mol. The number of nitrogens with zero attached hydrogens (tertiary/aromatic N) is 6. The summed E-state index contributed by atoms with van der Waals surface area (Å²) in [4.78, 5) is 30.5. The molecule has 2 aromatic carbocycles. The summed E-state index contributed by atoms with van der Waals surface area (Å²) in [6, 6.07) is 13.3. The van der Waals surface area contributed by atoms with E-state index in [9.17, 15) is 19.2 Å². The van der Waals surface area contributed by atoms with Gasteiger partial charge in [-0.25, -0.2) is 13.9 Å². The molecule has 5 rings (SSSR count). The summed E-state index contributed by atoms with van der Waals surface area (Å²) >= 11 is 0. The lowest BCUT2D eigenvalue weighted by molar-refractivity contribution is -0.131. The number of aromatic nitrogens is 2. The molecule has 2 fully saturated rings. The second-order valence-corrected chi connectivity index (χ2v) is 7.95. The molecule has 2 aliphatic heterocycles. The van der Waals surface area contributed by atoms with Gasteiger partial charge < -0.3 is 9.80 Å². The highest BCUT2D eigenvalue weighted by atomic mass is 19.1. The molecule has 2 aliphatic rings. The minimum absolute atomic E-state index is 0.0437. The molecule has 2 saturated heterocycles. The van der Waals surface area contributed by atoms with Gasteiger partial charge in [0.25, 0.3) is 0 Å². The molecule has 9 heteroatoms. The molecule has 1 aromatic heterocycles. The summed E-state index contributed by atoms with van der Waals surface area (Å²) < 4.78 is 15.8. The van der Waals surface area contributed by atoms with Crippen molar-refractivity contribution in [1.82, 2.24) is 19.6 Å².